The Kier molecular flexibility index (Phi) is 7.27. The Bertz CT molecular complexity index is 1310. The van der Waals surface area contributed by atoms with Gasteiger partial charge in [-0.05, 0) is 67.7 Å². The molecule has 8 nitrogen and oxygen atoms in total. The van der Waals surface area contributed by atoms with Crippen molar-refractivity contribution in [3.05, 3.63) is 88.1 Å². The Balaban J connectivity index is 1.35. The second kappa shape index (κ2) is 10.7. The van der Waals surface area contributed by atoms with Crippen molar-refractivity contribution in [3.63, 3.8) is 0 Å². The summed E-state index contributed by atoms with van der Waals surface area (Å²) >= 11 is 0. The predicted octanol–water partition coefficient (Wildman–Crippen LogP) is 4.28. The van der Waals surface area contributed by atoms with Crippen LogP contribution in [0.3, 0.4) is 0 Å². The number of hydrogen-bond donors (Lipinski definition) is 1. The molecule has 4 aromatic rings. The third-order valence-corrected chi connectivity index (χ3v) is 5.57. The Morgan fingerprint density at radius 3 is 2.56 bits per heavy atom. The molecule has 0 radical (unpaired) electrons. The fourth-order valence-electron chi connectivity index (χ4n) is 3.72. The van der Waals surface area contributed by atoms with E-state index >= 15 is 0 Å². The number of aryl methyl sites for hydroxylation is 3. The summed E-state index contributed by atoms with van der Waals surface area (Å²) < 4.78 is 14.2. The molecule has 0 amide bonds. The number of nitrogens with zero attached hydrogens (tertiary/aromatic N) is 4. The highest BCUT2D eigenvalue weighted by Gasteiger charge is 2.07. The van der Waals surface area contributed by atoms with Crippen LogP contribution in [-0.2, 0) is 13.0 Å². The number of nitrogens with one attached hydrogen (secondary N) is 1. The molecule has 0 atom stereocenters. The van der Waals surface area contributed by atoms with Crippen LogP contribution in [0, 0.1) is 6.92 Å². The summed E-state index contributed by atoms with van der Waals surface area (Å²) in [6, 6.07) is 14.0. The molecule has 176 valence electrons. The molecule has 2 heterocycles. The number of unbranched alkanes of at least 4 members (excludes halogenated alkanes) is 1. The number of methoxy groups -OCH3 is 2. The van der Waals surface area contributed by atoms with E-state index < -0.39 is 0 Å². The normalized spacial score (nSPS) is 11.3. The van der Waals surface area contributed by atoms with E-state index in [1.807, 2.05) is 54.1 Å². The van der Waals surface area contributed by atoms with Crippen LogP contribution < -0.4 is 15.2 Å². The van der Waals surface area contributed by atoms with Gasteiger partial charge in [-0.2, -0.15) is 5.10 Å². The number of rotatable bonds is 10. The van der Waals surface area contributed by atoms with Gasteiger partial charge in [0.05, 0.1) is 31.9 Å². The number of benzene rings is 2. The maximum Gasteiger partial charge on any atom is 0.343 e. The molecule has 0 unspecified atom stereocenters. The molecule has 2 aromatic heterocycles. The fourth-order valence-corrected chi connectivity index (χ4v) is 3.72. The Morgan fingerprint density at radius 1 is 1.03 bits per heavy atom. The lowest BCUT2D eigenvalue weighted by molar-refractivity contribution is 0.413. The monoisotopic (exact) mass is 459 g/mol. The summed E-state index contributed by atoms with van der Waals surface area (Å²) in [5, 5.41) is 4.40. The van der Waals surface area contributed by atoms with Gasteiger partial charge in [0.15, 0.2) is 5.82 Å². The number of H-pyrrole nitrogens is 1. The second-order valence-corrected chi connectivity index (χ2v) is 8.03. The van der Waals surface area contributed by atoms with Crippen molar-refractivity contribution in [3.8, 4) is 17.2 Å². The van der Waals surface area contributed by atoms with Crippen molar-refractivity contribution in [1.29, 1.82) is 0 Å². The van der Waals surface area contributed by atoms with Crippen LogP contribution in [0.25, 0.3) is 17.8 Å². The van der Waals surface area contributed by atoms with Gasteiger partial charge in [0.25, 0.3) is 0 Å². The van der Waals surface area contributed by atoms with Crippen molar-refractivity contribution in [1.82, 2.24) is 24.3 Å². The third kappa shape index (κ3) is 5.64. The lowest BCUT2D eigenvalue weighted by atomic mass is 10.1. The minimum atomic E-state index is -0.201. The minimum Gasteiger partial charge on any atom is -0.497 e. The molecule has 0 saturated heterocycles. The molecular weight excluding hydrogens is 430 g/mol. The van der Waals surface area contributed by atoms with Crippen LogP contribution in [-0.4, -0.2) is 38.5 Å². The first-order chi connectivity index (χ1) is 16.6. The smallest absolute Gasteiger partial charge is 0.343 e. The zero-order valence-corrected chi connectivity index (χ0v) is 19.7. The van der Waals surface area contributed by atoms with Gasteiger partial charge < -0.3 is 14.0 Å². The topological polar surface area (TPSA) is 87.0 Å². The number of hydrogen-bond acceptors (Lipinski definition) is 5. The predicted molar refractivity (Wildman–Crippen MR) is 133 cm³/mol. The number of imidazole rings is 1. The SMILES string of the molecule is COc1ccc(CCCCn2nc(/C=C/c3ccc(-n4cnc(C)c4)c(OC)c3)[nH]c2=O)cc1. The van der Waals surface area contributed by atoms with Crippen LogP contribution in [0.2, 0.25) is 0 Å². The lowest BCUT2D eigenvalue weighted by Crippen LogP contribution is -2.18. The summed E-state index contributed by atoms with van der Waals surface area (Å²) in [6.45, 7) is 2.52. The van der Waals surface area contributed by atoms with Gasteiger partial charge in [-0.1, -0.05) is 24.3 Å². The molecule has 0 spiro atoms. The van der Waals surface area contributed by atoms with E-state index in [1.165, 1.54) is 10.2 Å². The van der Waals surface area contributed by atoms with Gasteiger partial charge in [-0.25, -0.2) is 14.5 Å². The Hall–Kier alpha value is -4.07. The highest BCUT2D eigenvalue weighted by atomic mass is 16.5. The molecule has 0 saturated carbocycles. The first-order valence-corrected chi connectivity index (χ1v) is 11.2. The van der Waals surface area contributed by atoms with Crippen LogP contribution in [0.1, 0.15) is 35.5 Å². The summed E-state index contributed by atoms with van der Waals surface area (Å²) in [5.41, 5.74) is 3.84. The van der Waals surface area contributed by atoms with E-state index in [0.29, 0.717) is 12.4 Å². The van der Waals surface area contributed by atoms with Gasteiger partial charge in [0.1, 0.15) is 11.5 Å². The lowest BCUT2D eigenvalue weighted by Gasteiger charge is -2.09. The van der Waals surface area contributed by atoms with Crippen molar-refractivity contribution < 1.29 is 9.47 Å². The molecule has 4 rings (SSSR count). The van der Waals surface area contributed by atoms with E-state index in [-0.39, 0.29) is 5.69 Å². The summed E-state index contributed by atoms with van der Waals surface area (Å²) in [7, 11) is 3.31. The minimum absolute atomic E-state index is 0.201. The highest BCUT2D eigenvalue weighted by Crippen LogP contribution is 2.25. The molecule has 0 aliphatic carbocycles. The summed E-state index contributed by atoms with van der Waals surface area (Å²) in [4.78, 5) is 19.3. The number of aromatic amines is 1. The number of ether oxygens (including phenoxy) is 2. The molecule has 0 bridgehead atoms. The maximum absolute atomic E-state index is 12.3. The van der Waals surface area contributed by atoms with Gasteiger partial charge in [-0.3, -0.25) is 4.98 Å². The second-order valence-electron chi connectivity index (χ2n) is 8.03. The van der Waals surface area contributed by atoms with Crippen molar-refractivity contribution in [2.75, 3.05) is 14.2 Å². The molecule has 0 fully saturated rings. The average Bonchev–Trinajstić information content (AvgIpc) is 3.45. The van der Waals surface area contributed by atoms with Gasteiger partial charge in [0, 0.05) is 12.7 Å². The zero-order valence-electron chi connectivity index (χ0n) is 19.7. The van der Waals surface area contributed by atoms with Crippen molar-refractivity contribution >= 4 is 12.2 Å². The largest absolute Gasteiger partial charge is 0.497 e. The zero-order chi connectivity index (χ0) is 23.9. The molecule has 34 heavy (non-hydrogen) atoms. The molecule has 0 aliphatic rings. The third-order valence-electron chi connectivity index (χ3n) is 5.57. The highest BCUT2D eigenvalue weighted by molar-refractivity contribution is 5.68. The summed E-state index contributed by atoms with van der Waals surface area (Å²) in [5.74, 6) is 2.11. The standard InChI is InChI=1S/C26H29N5O3/c1-19-17-30(18-27-19)23-13-9-21(16-24(23)34-3)10-14-25-28-26(32)31(29-25)15-5-4-6-20-7-11-22(33-2)12-8-20/h7-14,16-18H,4-6,15H2,1-3H3,(H,28,29,32)/b14-10+. The van der Waals surface area contributed by atoms with E-state index in [2.05, 4.69) is 27.2 Å². The fraction of sp³-hybridized carbons (Fsp3) is 0.269. The number of aromatic nitrogens is 5. The van der Waals surface area contributed by atoms with Crippen LogP contribution in [0.4, 0.5) is 0 Å². The van der Waals surface area contributed by atoms with E-state index in [9.17, 15) is 4.79 Å². The van der Waals surface area contributed by atoms with Gasteiger partial charge in [-0.15, -0.1) is 0 Å². The van der Waals surface area contributed by atoms with Crippen molar-refractivity contribution in [2.24, 2.45) is 0 Å². The van der Waals surface area contributed by atoms with Crippen LogP contribution >= 0.6 is 0 Å². The van der Waals surface area contributed by atoms with E-state index in [1.54, 1.807) is 26.6 Å². The van der Waals surface area contributed by atoms with Crippen molar-refractivity contribution in [2.45, 2.75) is 32.7 Å². The first kappa shape index (κ1) is 23.1. The average molecular weight is 460 g/mol. The molecule has 2 aromatic carbocycles. The maximum atomic E-state index is 12.3. The summed E-state index contributed by atoms with van der Waals surface area (Å²) in [6.07, 6.45) is 10.2. The Labute approximate surface area is 198 Å². The quantitative estimate of drug-likeness (QED) is 0.358. The molecular formula is C26H29N5O3. The molecule has 8 heteroatoms. The molecule has 0 aliphatic heterocycles. The molecule has 1 N–H and O–H groups in total. The Morgan fingerprint density at radius 2 is 1.85 bits per heavy atom. The van der Waals surface area contributed by atoms with Crippen LogP contribution in [0.15, 0.2) is 59.8 Å². The van der Waals surface area contributed by atoms with E-state index in [0.717, 1.165) is 47.7 Å². The van der Waals surface area contributed by atoms with Crippen LogP contribution in [0.5, 0.6) is 11.5 Å². The first-order valence-electron chi connectivity index (χ1n) is 11.2. The van der Waals surface area contributed by atoms with Gasteiger partial charge >= 0.3 is 5.69 Å². The van der Waals surface area contributed by atoms with E-state index in [4.69, 9.17) is 9.47 Å². The van der Waals surface area contributed by atoms with Gasteiger partial charge in [0.2, 0.25) is 0 Å².